The SMILES string of the molecule is C[C@H]1OCCN[C@@H]1C(=O)NC1C(C)(C)C1(C)C. The highest BCUT2D eigenvalue weighted by molar-refractivity contribution is 5.83. The van der Waals surface area contributed by atoms with Crippen LogP contribution in [0.5, 0.6) is 0 Å². The number of carbonyl (C=O) groups is 1. The third-order valence-corrected chi connectivity index (χ3v) is 4.91. The van der Waals surface area contributed by atoms with Gasteiger partial charge in [-0.25, -0.2) is 0 Å². The summed E-state index contributed by atoms with van der Waals surface area (Å²) >= 11 is 0. The normalized spacial score (nSPS) is 35.4. The van der Waals surface area contributed by atoms with Crippen LogP contribution >= 0.6 is 0 Å². The molecule has 1 aliphatic heterocycles. The number of hydrogen-bond acceptors (Lipinski definition) is 3. The molecule has 1 saturated carbocycles. The van der Waals surface area contributed by atoms with Crippen molar-refractivity contribution in [1.29, 1.82) is 0 Å². The molecule has 0 aromatic rings. The van der Waals surface area contributed by atoms with Gasteiger partial charge in [0.05, 0.1) is 12.7 Å². The molecule has 2 N–H and O–H groups in total. The number of nitrogens with one attached hydrogen (secondary N) is 2. The molecule has 0 unspecified atom stereocenters. The Bertz CT molecular complexity index is 311. The average Bonchev–Trinajstić information content (AvgIpc) is 2.61. The molecule has 1 saturated heterocycles. The number of amides is 1. The zero-order chi connectivity index (χ0) is 12.8. The maximum Gasteiger partial charge on any atom is 0.240 e. The van der Waals surface area contributed by atoms with Crippen molar-refractivity contribution < 1.29 is 9.53 Å². The van der Waals surface area contributed by atoms with Crippen LogP contribution in [0, 0.1) is 10.8 Å². The Morgan fingerprint density at radius 2 is 1.88 bits per heavy atom. The zero-order valence-corrected chi connectivity index (χ0v) is 11.5. The van der Waals surface area contributed by atoms with E-state index in [2.05, 4.69) is 38.3 Å². The van der Waals surface area contributed by atoms with Gasteiger partial charge in [0.15, 0.2) is 0 Å². The van der Waals surface area contributed by atoms with Crippen molar-refractivity contribution in [2.45, 2.75) is 52.8 Å². The minimum Gasteiger partial charge on any atom is -0.375 e. The van der Waals surface area contributed by atoms with E-state index < -0.39 is 0 Å². The van der Waals surface area contributed by atoms with Gasteiger partial charge in [0.25, 0.3) is 0 Å². The smallest absolute Gasteiger partial charge is 0.240 e. The molecule has 2 aliphatic rings. The van der Waals surface area contributed by atoms with Gasteiger partial charge in [0.2, 0.25) is 5.91 Å². The Hall–Kier alpha value is -0.610. The average molecular weight is 240 g/mol. The van der Waals surface area contributed by atoms with Crippen LogP contribution in [0.2, 0.25) is 0 Å². The van der Waals surface area contributed by atoms with Crippen LogP contribution in [-0.2, 0) is 9.53 Å². The molecule has 2 rings (SSSR count). The second kappa shape index (κ2) is 3.95. The van der Waals surface area contributed by atoms with E-state index in [4.69, 9.17) is 4.74 Å². The van der Waals surface area contributed by atoms with Gasteiger partial charge in [-0.1, -0.05) is 27.7 Å². The molecule has 4 nitrogen and oxygen atoms in total. The summed E-state index contributed by atoms with van der Waals surface area (Å²) in [5.74, 6) is 0.0702. The predicted octanol–water partition coefficient (Wildman–Crippen LogP) is 0.914. The van der Waals surface area contributed by atoms with Crippen LogP contribution in [0.4, 0.5) is 0 Å². The summed E-state index contributed by atoms with van der Waals surface area (Å²) in [6.45, 7) is 12.2. The molecule has 98 valence electrons. The van der Waals surface area contributed by atoms with Gasteiger partial charge >= 0.3 is 0 Å². The van der Waals surface area contributed by atoms with Crippen LogP contribution in [0.25, 0.3) is 0 Å². The van der Waals surface area contributed by atoms with Crippen LogP contribution < -0.4 is 10.6 Å². The van der Waals surface area contributed by atoms with Crippen molar-refractivity contribution in [2.75, 3.05) is 13.2 Å². The Balaban J connectivity index is 1.94. The Labute approximate surface area is 103 Å². The summed E-state index contributed by atoms with van der Waals surface area (Å²) in [6, 6.07) is 0.0503. The second-order valence-corrected chi connectivity index (χ2v) is 6.39. The van der Waals surface area contributed by atoms with Crippen molar-refractivity contribution in [3.63, 3.8) is 0 Å². The second-order valence-electron chi connectivity index (χ2n) is 6.39. The van der Waals surface area contributed by atoms with E-state index in [9.17, 15) is 4.79 Å². The standard InChI is InChI=1S/C13H24N2O2/c1-8-9(14-6-7-17-8)10(16)15-11-12(2,3)13(11,4)5/h8-9,11,14H,6-7H2,1-5H3,(H,15,16)/t8-,9+/m1/s1. The summed E-state index contributed by atoms with van der Waals surface area (Å²) in [5.41, 5.74) is 0.364. The number of morpholine rings is 1. The van der Waals surface area contributed by atoms with Crippen LogP contribution in [0.3, 0.4) is 0 Å². The van der Waals surface area contributed by atoms with E-state index in [0.29, 0.717) is 6.61 Å². The summed E-state index contributed by atoms with van der Waals surface area (Å²) < 4.78 is 5.49. The van der Waals surface area contributed by atoms with Gasteiger partial charge < -0.3 is 15.4 Å². The van der Waals surface area contributed by atoms with Gasteiger partial charge in [-0.3, -0.25) is 4.79 Å². The quantitative estimate of drug-likeness (QED) is 0.754. The molecule has 2 fully saturated rings. The third-order valence-electron chi connectivity index (χ3n) is 4.91. The number of rotatable bonds is 2. The summed E-state index contributed by atoms with van der Waals surface area (Å²) in [7, 11) is 0. The fourth-order valence-corrected chi connectivity index (χ4v) is 2.82. The lowest BCUT2D eigenvalue weighted by Gasteiger charge is -2.29. The number of carbonyl (C=O) groups excluding carboxylic acids is 1. The highest BCUT2D eigenvalue weighted by atomic mass is 16.5. The number of hydrogen-bond donors (Lipinski definition) is 2. The molecule has 1 aliphatic carbocycles. The summed E-state index contributed by atoms with van der Waals surface area (Å²) in [5, 5.41) is 6.37. The van der Waals surface area contributed by atoms with Crippen molar-refractivity contribution in [3.05, 3.63) is 0 Å². The first-order chi connectivity index (χ1) is 7.78. The highest BCUT2D eigenvalue weighted by Crippen LogP contribution is 2.62. The van der Waals surface area contributed by atoms with Gasteiger partial charge in [-0.2, -0.15) is 0 Å². The molecule has 2 atom stereocenters. The summed E-state index contributed by atoms with van der Waals surface area (Å²) in [6.07, 6.45) is -0.0475. The maximum atomic E-state index is 12.2. The van der Waals surface area contributed by atoms with Crippen molar-refractivity contribution in [1.82, 2.24) is 10.6 Å². The first-order valence-corrected chi connectivity index (χ1v) is 6.44. The molecule has 0 aromatic heterocycles. The van der Waals surface area contributed by atoms with E-state index in [1.165, 1.54) is 0 Å². The minimum absolute atomic E-state index is 0.0475. The van der Waals surface area contributed by atoms with Gasteiger partial charge in [-0.15, -0.1) is 0 Å². The fourth-order valence-electron chi connectivity index (χ4n) is 2.82. The molecule has 0 spiro atoms. The topological polar surface area (TPSA) is 50.4 Å². The highest BCUT2D eigenvalue weighted by Gasteiger charge is 2.65. The molecule has 0 bridgehead atoms. The van der Waals surface area contributed by atoms with Crippen molar-refractivity contribution in [2.24, 2.45) is 10.8 Å². The third kappa shape index (κ3) is 1.97. The fraction of sp³-hybridized carbons (Fsp3) is 0.923. The molecular weight excluding hydrogens is 216 g/mol. The van der Waals surface area contributed by atoms with Gasteiger partial charge in [-0.05, 0) is 17.8 Å². The lowest BCUT2D eigenvalue weighted by atomic mass is 10.0. The molecule has 0 radical (unpaired) electrons. The van der Waals surface area contributed by atoms with Crippen LogP contribution in [0.15, 0.2) is 0 Å². The van der Waals surface area contributed by atoms with E-state index >= 15 is 0 Å². The minimum atomic E-state index is -0.212. The van der Waals surface area contributed by atoms with Gasteiger partial charge in [0, 0.05) is 12.6 Å². The molecule has 1 heterocycles. The van der Waals surface area contributed by atoms with Gasteiger partial charge in [0.1, 0.15) is 6.04 Å². The summed E-state index contributed by atoms with van der Waals surface area (Å²) in [4.78, 5) is 12.2. The molecule has 0 aromatic carbocycles. The first kappa shape index (κ1) is 12.8. The van der Waals surface area contributed by atoms with Crippen LogP contribution in [-0.4, -0.2) is 37.2 Å². The Kier molecular flexibility index (Phi) is 2.99. The first-order valence-electron chi connectivity index (χ1n) is 6.44. The van der Waals surface area contributed by atoms with Crippen molar-refractivity contribution >= 4 is 5.91 Å². The maximum absolute atomic E-state index is 12.2. The zero-order valence-electron chi connectivity index (χ0n) is 11.5. The van der Waals surface area contributed by atoms with E-state index in [-0.39, 0.29) is 34.9 Å². The van der Waals surface area contributed by atoms with E-state index in [1.54, 1.807) is 0 Å². The lowest BCUT2D eigenvalue weighted by Crippen LogP contribution is -2.56. The molecular formula is C13H24N2O2. The van der Waals surface area contributed by atoms with Crippen LogP contribution in [0.1, 0.15) is 34.6 Å². The van der Waals surface area contributed by atoms with E-state index in [1.807, 2.05) is 6.92 Å². The monoisotopic (exact) mass is 240 g/mol. The lowest BCUT2D eigenvalue weighted by molar-refractivity contribution is -0.129. The molecule has 1 amide bonds. The number of ether oxygens (including phenoxy) is 1. The largest absolute Gasteiger partial charge is 0.375 e. The van der Waals surface area contributed by atoms with Crippen molar-refractivity contribution in [3.8, 4) is 0 Å². The molecule has 17 heavy (non-hydrogen) atoms. The molecule has 4 heteroatoms. The Morgan fingerprint density at radius 1 is 1.29 bits per heavy atom. The Morgan fingerprint density at radius 3 is 2.35 bits per heavy atom. The predicted molar refractivity (Wildman–Crippen MR) is 66.7 cm³/mol. The van der Waals surface area contributed by atoms with E-state index in [0.717, 1.165) is 6.54 Å².